The monoisotopic (exact) mass is 291 g/mol. The Hall–Kier alpha value is -1.22. The van der Waals surface area contributed by atoms with E-state index in [9.17, 15) is 5.11 Å². The van der Waals surface area contributed by atoms with Crippen LogP contribution in [0.1, 0.15) is 52.5 Å². The maximum absolute atomic E-state index is 10.0. The maximum Gasteiger partial charge on any atom is 0.123 e. The summed E-state index contributed by atoms with van der Waals surface area (Å²) < 4.78 is 5.12. The lowest BCUT2D eigenvalue weighted by atomic mass is 9.63. The molecule has 0 spiro atoms. The Balaban J connectivity index is 1.99. The minimum atomic E-state index is 0.302. The van der Waals surface area contributed by atoms with Gasteiger partial charge in [-0.1, -0.05) is 33.8 Å². The fraction of sp³-hybridized carbons (Fsp3) is 0.667. The van der Waals surface area contributed by atoms with Gasteiger partial charge in [0.1, 0.15) is 11.5 Å². The normalized spacial score (nSPS) is 21.2. The van der Waals surface area contributed by atoms with Gasteiger partial charge < -0.3 is 15.2 Å². The molecule has 0 bridgehead atoms. The van der Waals surface area contributed by atoms with E-state index in [2.05, 4.69) is 33.0 Å². The van der Waals surface area contributed by atoms with E-state index < -0.39 is 0 Å². The maximum atomic E-state index is 10.0. The van der Waals surface area contributed by atoms with Gasteiger partial charge in [-0.05, 0) is 36.2 Å². The lowest BCUT2D eigenvalue weighted by Crippen LogP contribution is -2.43. The molecule has 1 aromatic rings. The molecule has 0 aromatic heterocycles. The van der Waals surface area contributed by atoms with E-state index in [1.54, 1.807) is 13.2 Å². The third-order valence-corrected chi connectivity index (χ3v) is 4.43. The molecule has 2 rings (SSSR count). The summed E-state index contributed by atoms with van der Waals surface area (Å²) in [5.41, 5.74) is 1.68. The van der Waals surface area contributed by atoms with Gasteiger partial charge in [0, 0.05) is 24.2 Å². The van der Waals surface area contributed by atoms with Crippen molar-refractivity contribution < 1.29 is 9.84 Å². The van der Waals surface area contributed by atoms with Crippen LogP contribution in [-0.4, -0.2) is 18.3 Å². The minimum Gasteiger partial charge on any atom is -0.507 e. The molecule has 1 fully saturated rings. The third kappa shape index (κ3) is 4.37. The minimum absolute atomic E-state index is 0.302. The summed E-state index contributed by atoms with van der Waals surface area (Å²) in [6.07, 6.45) is 3.65. The molecule has 0 heterocycles. The number of methoxy groups -OCH3 is 1. The van der Waals surface area contributed by atoms with E-state index in [-0.39, 0.29) is 0 Å². The topological polar surface area (TPSA) is 41.5 Å². The van der Waals surface area contributed by atoms with Crippen LogP contribution in [0.25, 0.3) is 0 Å². The van der Waals surface area contributed by atoms with E-state index in [1.165, 1.54) is 19.3 Å². The Kier molecular flexibility index (Phi) is 4.52. The Morgan fingerprint density at radius 3 is 2.33 bits per heavy atom. The summed E-state index contributed by atoms with van der Waals surface area (Å²) in [6, 6.07) is 6.00. The van der Waals surface area contributed by atoms with Crippen molar-refractivity contribution in [2.45, 2.75) is 59.5 Å². The van der Waals surface area contributed by atoms with Crippen molar-refractivity contribution in [3.8, 4) is 11.5 Å². The van der Waals surface area contributed by atoms with E-state index >= 15 is 0 Å². The van der Waals surface area contributed by atoms with Crippen molar-refractivity contribution in [3.05, 3.63) is 23.8 Å². The second-order valence-electron chi connectivity index (χ2n) is 7.99. The molecule has 0 saturated heterocycles. The zero-order chi connectivity index (χ0) is 15.7. The molecular formula is C18H29NO2. The van der Waals surface area contributed by atoms with Crippen molar-refractivity contribution in [2.75, 3.05) is 7.11 Å². The molecule has 0 unspecified atom stereocenters. The molecule has 21 heavy (non-hydrogen) atoms. The predicted octanol–water partition coefficient (Wildman–Crippen LogP) is 4.10. The lowest BCUT2D eigenvalue weighted by Gasteiger charge is -2.45. The third-order valence-electron chi connectivity index (χ3n) is 4.43. The Morgan fingerprint density at radius 1 is 1.19 bits per heavy atom. The number of phenolic OH excluding ortho intramolecular Hbond substituents is 1. The Bertz CT molecular complexity index is 478. The molecule has 1 saturated carbocycles. The molecule has 0 atom stereocenters. The number of aromatic hydroxyl groups is 1. The molecular weight excluding hydrogens is 262 g/mol. The number of rotatable bonds is 4. The van der Waals surface area contributed by atoms with Gasteiger partial charge in [-0.15, -0.1) is 0 Å². The van der Waals surface area contributed by atoms with Crippen molar-refractivity contribution in [2.24, 2.45) is 10.8 Å². The van der Waals surface area contributed by atoms with E-state index in [0.29, 0.717) is 34.9 Å². The number of hydrogen-bond donors (Lipinski definition) is 2. The van der Waals surface area contributed by atoms with E-state index in [4.69, 9.17) is 4.74 Å². The first-order valence-electron chi connectivity index (χ1n) is 7.80. The lowest BCUT2D eigenvalue weighted by molar-refractivity contribution is 0.0844. The zero-order valence-corrected chi connectivity index (χ0v) is 14.0. The largest absolute Gasteiger partial charge is 0.507 e. The summed E-state index contributed by atoms with van der Waals surface area (Å²) in [5.74, 6) is 0.993. The van der Waals surface area contributed by atoms with Gasteiger partial charge >= 0.3 is 0 Å². The van der Waals surface area contributed by atoms with Gasteiger partial charge in [0.25, 0.3) is 0 Å². The molecule has 3 heteroatoms. The first kappa shape index (κ1) is 16.2. The van der Waals surface area contributed by atoms with Crippen LogP contribution in [0.15, 0.2) is 18.2 Å². The van der Waals surface area contributed by atoms with Crippen LogP contribution in [0.3, 0.4) is 0 Å². The fourth-order valence-electron chi connectivity index (χ4n) is 4.06. The molecule has 2 N–H and O–H groups in total. The molecule has 1 aromatic carbocycles. The fourth-order valence-corrected chi connectivity index (χ4v) is 4.06. The zero-order valence-electron chi connectivity index (χ0n) is 14.0. The van der Waals surface area contributed by atoms with Crippen LogP contribution >= 0.6 is 0 Å². The van der Waals surface area contributed by atoms with Crippen LogP contribution in [0.2, 0.25) is 0 Å². The van der Waals surface area contributed by atoms with Gasteiger partial charge in [-0.25, -0.2) is 0 Å². The number of phenols is 1. The summed E-state index contributed by atoms with van der Waals surface area (Å²) in [7, 11) is 1.61. The highest BCUT2D eigenvalue weighted by Gasteiger charge is 2.38. The summed E-state index contributed by atoms with van der Waals surface area (Å²) >= 11 is 0. The molecule has 118 valence electrons. The first-order chi connectivity index (χ1) is 9.71. The van der Waals surface area contributed by atoms with Crippen molar-refractivity contribution >= 4 is 0 Å². The van der Waals surface area contributed by atoms with Gasteiger partial charge in [0.05, 0.1) is 7.11 Å². The van der Waals surface area contributed by atoms with Crippen LogP contribution < -0.4 is 10.1 Å². The average molecular weight is 291 g/mol. The number of ether oxygens (including phenoxy) is 1. The highest BCUT2D eigenvalue weighted by atomic mass is 16.5. The van der Waals surface area contributed by atoms with Crippen LogP contribution in [0.4, 0.5) is 0 Å². The molecule has 0 aliphatic heterocycles. The number of benzene rings is 1. The highest BCUT2D eigenvalue weighted by Crippen LogP contribution is 2.45. The van der Waals surface area contributed by atoms with Gasteiger partial charge in [-0.3, -0.25) is 0 Å². The SMILES string of the molecule is COc1ccc(CNC2CC(C)(C)CC(C)(C)C2)c(O)c1. The smallest absolute Gasteiger partial charge is 0.123 e. The number of nitrogens with one attached hydrogen (secondary N) is 1. The van der Waals surface area contributed by atoms with Crippen LogP contribution in [-0.2, 0) is 6.54 Å². The Morgan fingerprint density at radius 2 is 1.81 bits per heavy atom. The van der Waals surface area contributed by atoms with Crippen LogP contribution in [0.5, 0.6) is 11.5 Å². The Labute approximate surface area is 128 Å². The second kappa shape index (κ2) is 5.88. The van der Waals surface area contributed by atoms with Crippen molar-refractivity contribution in [1.29, 1.82) is 0 Å². The molecule has 1 aliphatic carbocycles. The van der Waals surface area contributed by atoms with E-state index in [0.717, 1.165) is 5.56 Å². The predicted molar refractivity (Wildman–Crippen MR) is 86.7 cm³/mol. The molecule has 3 nitrogen and oxygen atoms in total. The molecule has 0 radical (unpaired) electrons. The van der Waals surface area contributed by atoms with Crippen LogP contribution in [0, 0.1) is 10.8 Å². The van der Waals surface area contributed by atoms with E-state index in [1.807, 2.05) is 12.1 Å². The second-order valence-corrected chi connectivity index (χ2v) is 7.99. The summed E-state index contributed by atoms with van der Waals surface area (Å²) in [4.78, 5) is 0. The standard InChI is InChI=1S/C18H29NO2/c1-17(2)9-14(10-18(3,4)12-17)19-11-13-6-7-15(21-5)8-16(13)20/h6-8,14,19-20H,9-12H2,1-5H3. The number of hydrogen-bond acceptors (Lipinski definition) is 3. The first-order valence-corrected chi connectivity index (χ1v) is 7.80. The molecule has 0 amide bonds. The highest BCUT2D eigenvalue weighted by molar-refractivity contribution is 5.39. The molecule has 1 aliphatic rings. The van der Waals surface area contributed by atoms with Gasteiger partial charge in [-0.2, -0.15) is 0 Å². The van der Waals surface area contributed by atoms with Crippen molar-refractivity contribution in [1.82, 2.24) is 5.32 Å². The van der Waals surface area contributed by atoms with Gasteiger partial charge in [0.2, 0.25) is 0 Å². The van der Waals surface area contributed by atoms with Gasteiger partial charge in [0.15, 0.2) is 0 Å². The quantitative estimate of drug-likeness (QED) is 0.877. The van der Waals surface area contributed by atoms with Crippen molar-refractivity contribution in [3.63, 3.8) is 0 Å². The summed E-state index contributed by atoms with van der Waals surface area (Å²) in [5, 5.41) is 13.7. The average Bonchev–Trinajstić information content (AvgIpc) is 2.33. The summed E-state index contributed by atoms with van der Waals surface area (Å²) in [6.45, 7) is 10.1.